The summed E-state index contributed by atoms with van der Waals surface area (Å²) in [7, 11) is 1.95. The summed E-state index contributed by atoms with van der Waals surface area (Å²) in [5, 5.41) is 3.16. The molecule has 1 aromatic carbocycles. The number of rotatable bonds is 4. The van der Waals surface area contributed by atoms with Crippen LogP contribution in [0.4, 0.5) is 0 Å². The molecule has 84 valence electrons. The van der Waals surface area contributed by atoms with Crippen molar-refractivity contribution in [2.45, 2.75) is 19.5 Å². The highest BCUT2D eigenvalue weighted by atomic mass is 15.1. The highest BCUT2D eigenvalue weighted by Gasteiger charge is 2.10. The third kappa shape index (κ3) is 2.14. The van der Waals surface area contributed by atoms with E-state index in [4.69, 9.17) is 0 Å². The van der Waals surface area contributed by atoms with Crippen LogP contribution in [0.5, 0.6) is 0 Å². The Morgan fingerprint density at radius 2 is 2.06 bits per heavy atom. The van der Waals surface area contributed by atoms with Gasteiger partial charge in [-0.3, -0.25) is 0 Å². The van der Waals surface area contributed by atoms with Gasteiger partial charge in [-0.05, 0) is 19.5 Å². The van der Waals surface area contributed by atoms with E-state index in [1.165, 1.54) is 11.3 Å². The zero-order valence-corrected chi connectivity index (χ0v) is 9.72. The fourth-order valence-corrected chi connectivity index (χ4v) is 1.89. The van der Waals surface area contributed by atoms with Gasteiger partial charge in [-0.25, -0.2) is 4.98 Å². The van der Waals surface area contributed by atoms with E-state index in [9.17, 15) is 0 Å². The van der Waals surface area contributed by atoms with E-state index < -0.39 is 0 Å². The maximum Gasteiger partial charge on any atom is 0.0954 e. The number of hydrogen-bond donors (Lipinski definition) is 1. The molecule has 0 aliphatic carbocycles. The van der Waals surface area contributed by atoms with E-state index in [2.05, 4.69) is 46.1 Å². The summed E-state index contributed by atoms with van der Waals surface area (Å²) >= 11 is 0. The van der Waals surface area contributed by atoms with Crippen LogP contribution in [0.2, 0.25) is 0 Å². The summed E-state index contributed by atoms with van der Waals surface area (Å²) in [5.74, 6) is 0. The summed E-state index contributed by atoms with van der Waals surface area (Å²) in [5.41, 5.74) is 2.51. The van der Waals surface area contributed by atoms with Crippen molar-refractivity contribution in [2.24, 2.45) is 0 Å². The van der Waals surface area contributed by atoms with Crippen LogP contribution in [-0.4, -0.2) is 16.6 Å². The monoisotopic (exact) mass is 215 g/mol. The Bertz CT molecular complexity index is 433. The molecule has 0 spiro atoms. The second-order valence-corrected chi connectivity index (χ2v) is 3.91. The summed E-state index contributed by atoms with van der Waals surface area (Å²) in [4.78, 5) is 4.21. The molecule has 0 aliphatic rings. The zero-order chi connectivity index (χ0) is 11.4. The minimum absolute atomic E-state index is 0.326. The van der Waals surface area contributed by atoms with Crippen LogP contribution in [0.1, 0.15) is 24.2 Å². The van der Waals surface area contributed by atoms with Crippen LogP contribution in [0.25, 0.3) is 0 Å². The molecule has 16 heavy (non-hydrogen) atoms. The Hall–Kier alpha value is -1.61. The van der Waals surface area contributed by atoms with E-state index >= 15 is 0 Å². The van der Waals surface area contributed by atoms with Crippen LogP contribution in [0, 0.1) is 0 Å². The van der Waals surface area contributed by atoms with Crippen molar-refractivity contribution >= 4 is 0 Å². The SMILES string of the molecule is CNCc1cncn1C(C)c1ccccc1. The number of nitrogens with one attached hydrogen (secondary N) is 1. The van der Waals surface area contributed by atoms with Gasteiger partial charge in [0.15, 0.2) is 0 Å². The molecule has 1 heterocycles. The smallest absolute Gasteiger partial charge is 0.0954 e. The van der Waals surface area contributed by atoms with Crippen LogP contribution >= 0.6 is 0 Å². The molecule has 2 aromatic rings. The Morgan fingerprint density at radius 1 is 1.31 bits per heavy atom. The van der Waals surface area contributed by atoms with Gasteiger partial charge in [0.05, 0.1) is 18.1 Å². The molecule has 3 heteroatoms. The van der Waals surface area contributed by atoms with Gasteiger partial charge >= 0.3 is 0 Å². The fraction of sp³-hybridized carbons (Fsp3) is 0.308. The minimum Gasteiger partial charge on any atom is -0.326 e. The molecule has 3 nitrogen and oxygen atoms in total. The quantitative estimate of drug-likeness (QED) is 0.847. The van der Waals surface area contributed by atoms with E-state index in [1.807, 2.05) is 25.6 Å². The Balaban J connectivity index is 2.27. The number of aromatic nitrogens is 2. The van der Waals surface area contributed by atoms with Crippen molar-refractivity contribution in [3.63, 3.8) is 0 Å². The van der Waals surface area contributed by atoms with E-state index in [1.54, 1.807) is 0 Å². The predicted molar refractivity (Wildman–Crippen MR) is 65.2 cm³/mol. The molecule has 2 rings (SSSR count). The lowest BCUT2D eigenvalue weighted by molar-refractivity contribution is 0.593. The molecule has 0 fully saturated rings. The first-order valence-corrected chi connectivity index (χ1v) is 5.53. The molecular formula is C13H17N3. The average molecular weight is 215 g/mol. The number of hydrogen-bond acceptors (Lipinski definition) is 2. The van der Waals surface area contributed by atoms with Crippen molar-refractivity contribution in [1.29, 1.82) is 0 Å². The fourth-order valence-electron chi connectivity index (χ4n) is 1.89. The highest BCUT2D eigenvalue weighted by Crippen LogP contribution is 2.18. The van der Waals surface area contributed by atoms with E-state index in [0.717, 1.165) is 6.54 Å². The van der Waals surface area contributed by atoms with Crippen molar-refractivity contribution in [3.8, 4) is 0 Å². The Labute approximate surface area is 96.1 Å². The van der Waals surface area contributed by atoms with Crippen molar-refractivity contribution in [2.75, 3.05) is 7.05 Å². The lowest BCUT2D eigenvalue weighted by Gasteiger charge is -2.16. The van der Waals surface area contributed by atoms with Gasteiger partial charge in [0.25, 0.3) is 0 Å². The summed E-state index contributed by atoms with van der Waals surface area (Å²) in [6, 6.07) is 10.8. The number of nitrogens with zero attached hydrogens (tertiary/aromatic N) is 2. The van der Waals surface area contributed by atoms with Crippen LogP contribution in [0.3, 0.4) is 0 Å². The maximum absolute atomic E-state index is 4.21. The third-order valence-corrected chi connectivity index (χ3v) is 2.80. The molecule has 1 atom stereocenters. The molecule has 0 saturated heterocycles. The second-order valence-electron chi connectivity index (χ2n) is 3.91. The maximum atomic E-state index is 4.21. The summed E-state index contributed by atoms with van der Waals surface area (Å²) in [6.45, 7) is 3.04. The first-order valence-electron chi connectivity index (χ1n) is 5.53. The molecule has 0 saturated carbocycles. The zero-order valence-electron chi connectivity index (χ0n) is 9.72. The first kappa shape index (κ1) is 10.9. The van der Waals surface area contributed by atoms with Crippen molar-refractivity contribution in [3.05, 3.63) is 54.1 Å². The van der Waals surface area contributed by atoms with Crippen molar-refractivity contribution in [1.82, 2.24) is 14.9 Å². The lowest BCUT2D eigenvalue weighted by atomic mass is 10.1. The molecule has 1 aromatic heterocycles. The third-order valence-electron chi connectivity index (χ3n) is 2.80. The molecule has 0 bridgehead atoms. The number of benzene rings is 1. The first-order chi connectivity index (χ1) is 7.83. The standard InChI is InChI=1S/C13H17N3/c1-11(12-6-4-3-5-7-12)16-10-15-9-13(16)8-14-2/h3-7,9-11,14H,8H2,1-2H3. The number of imidazole rings is 1. The van der Waals surface area contributed by atoms with Gasteiger partial charge in [-0.1, -0.05) is 30.3 Å². The minimum atomic E-state index is 0.326. The lowest BCUT2D eigenvalue weighted by Crippen LogP contribution is -2.14. The molecule has 0 radical (unpaired) electrons. The molecule has 1 N–H and O–H groups in total. The summed E-state index contributed by atoms with van der Waals surface area (Å²) < 4.78 is 2.20. The average Bonchev–Trinajstić information content (AvgIpc) is 2.78. The van der Waals surface area contributed by atoms with Gasteiger partial charge in [-0.15, -0.1) is 0 Å². The molecule has 0 aliphatic heterocycles. The summed E-state index contributed by atoms with van der Waals surface area (Å²) in [6.07, 6.45) is 3.81. The van der Waals surface area contributed by atoms with Crippen LogP contribution < -0.4 is 5.32 Å². The Morgan fingerprint density at radius 3 is 2.75 bits per heavy atom. The second kappa shape index (κ2) is 4.94. The molecule has 0 amide bonds. The van der Waals surface area contributed by atoms with Gasteiger partial charge in [0.2, 0.25) is 0 Å². The van der Waals surface area contributed by atoms with Gasteiger partial charge < -0.3 is 9.88 Å². The predicted octanol–water partition coefficient (Wildman–Crippen LogP) is 2.21. The van der Waals surface area contributed by atoms with Crippen molar-refractivity contribution < 1.29 is 0 Å². The van der Waals surface area contributed by atoms with Gasteiger partial charge in [-0.2, -0.15) is 0 Å². The largest absolute Gasteiger partial charge is 0.326 e. The molecule has 1 unspecified atom stereocenters. The Kier molecular flexibility index (Phi) is 3.37. The van der Waals surface area contributed by atoms with Gasteiger partial charge in [0.1, 0.15) is 0 Å². The van der Waals surface area contributed by atoms with Crippen LogP contribution in [0.15, 0.2) is 42.9 Å². The van der Waals surface area contributed by atoms with Crippen LogP contribution in [-0.2, 0) is 6.54 Å². The topological polar surface area (TPSA) is 29.9 Å². The molecular weight excluding hydrogens is 198 g/mol. The van der Waals surface area contributed by atoms with E-state index in [0.29, 0.717) is 6.04 Å². The van der Waals surface area contributed by atoms with Gasteiger partial charge in [0, 0.05) is 12.7 Å². The normalized spacial score (nSPS) is 12.6. The highest BCUT2D eigenvalue weighted by molar-refractivity contribution is 5.20. The van der Waals surface area contributed by atoms with E-state index in [-0.39, 0.29) is 0 Å².